The Balaban J connectivity index is 1.75. The van der Waals surface area contributed by atoms with Gasteiger partial charge in [-0.05, 0) is 30.5 Å². The van der Waals surface area contributed by atoms with Crippen LogP contribution in [0, 0.1) is 0 Å². The average Bonchev–Trinajstić information content (AvgIpc) is 2.99. The molecule has 1 unspecified atom stereocenters. The van der Waals surface area contributed by atoms with Gasteiger partial charge in [-0.3, -0.25) is 14.5 Å². The maximum Gasteiger partial charge on any atom is 0.325 e. The molecule has 2 aromatic carbocycles. The summed E-state index contributed by atoms with van der Waals surface area (Å²) in [6.45, 7) is 3.97. The second-order valence-corrected chi connectivity index (χ2v) is 6.84. The van der Waals surface area contributed by atoms with Gasteiger partial charge in [0.05, 0.1) is 12.3 Å². The van der Waals surface area contributed by atoms with Gasteiger partial charge in [0.25, 0.3) is 5.91 Å². The topological polar surface area (TPSA) is 87.7 Å². The van der Waals surface area contributed by atoms with Crippen molar-refractivity contribution in [3.8, 4) is 5.75 Å². The van der Waals surface area contributed by atoms with Crippen molar-refractivity contribution in [1.29, 1.82) is 0 Å². The van der Waals surface area contributed by atoms with E-state index in [1.165, 1.54) is 0 Å². The Kier molecular flexibility index (Phi) is 6.16. The molecule has 1 heterocycles. The number of hydrogen-bond donors (Lipinski definition) is 2. The molecule has 1 fully saturated rings. The number of nitrogens with one attached hydrogen (secondary N) is 2. The quantitative estimate of drug-likeness (QED) is 0.672. The van der Waals surface area contributed by atoms with Crippen molar-refractivity contribution in [2.75, 3.05) is 18.5 Å². The minimum atomic E-state index is -1.15. The van der Waals surface area contributed by atoms with E-state index >= 15 is 0 Å². The number of ether oxygens (including phenoxy) is 1. The lowest BCUT2D eigenvalue weighted by Gasteiger charge is -2.25. The summed E-state index contributed by atoms with van der Waals surface area (Å²) >= 11 is 0. The summed E-state index contributed by atoms with van der Waals surface area (Å²) < 4.78 is 5.63. The Morgan fingerprint density at radius 2 is 1.76 bits per heavy atom. The van der Waals surface area contributed by atoms with Gasteiger partial charge < -0.3 is 15.4 Å². The van der Waals surface area contributed by atoms with Gasteiger partial charge in [-0.2, -0.15) is 0 Å². The summed E-state index contributed by atoms with van der Waals surface area (Å²) in [6.07, 6.45) is 1.22. The number of imide groups is 1. The van der Waals surface area contributed by atoms with Crippen LogP contribution >= 0.6 is 0 Å². The lowest BCUT2D eigenvalue weighted by atomic mass is 9.87. The van der Waals surface area contributed by atoms with E-state index in [2.05, 4.69) is 10.6 Å². The van der Waals surface area contributed by atoms with E-state index in [4.69, 9.17) is 4.74 Å². The second-order valence-electron chi connectivity index (χ2n) is 6.84. The molecule has 0 spiro atoms. The van der Waals surface area contributed by atoms with Crippen LogP contribution in [0.3, 0.4) is 0 Å². The molecular formula is C22H25N3O4. The fourth-order valence-electron chi connectivity index (χ4n) is 3.37. The van der Waals surface area contributed by atoms with E-state index in [0.717, 1.165) is 11.3 Å². The molecule has 0 saturated carbocycles. The van der Waals surface area contributed by atoms with Gasteiger partial charge in [0.1, 0.15) is 17.8 Å². The summed E-state index contributed by atoms with van der Waals surface area (Å²) in [4.78, 5) is 39.2. The van der Waals surface area contributed by atoms with Crippen molar-refractivity contribution < 1.29 is 19.1 Å². The highest BCUT2D eigenvalue weighted by Gasteiger charge is 2.51. The molecule has 0 aliphatic carbocycles. The van der Waals surface area contributed by atoms with Gasteiger partial charge in [-0.15, -0.1) is 0 Å². The number of rotatable bonds is 8. The summed E-state index contributed by atoms with van der Waals surface area (Å²) in [6, 6.07) is 15.6. The molecule has 7 heteroatoms. The lowest BCUT2D eigenvalue weighted by molar-refractivity contribution is -0.134. The SMILES string of the molecule is CCCOc1ccccc1NC(=O)CN1C(=O)NC(CC)(c2ccccc2)C1=O. The maximum absolute atomic E-state index is 13.1. The van der Waals surface area contributed by atoms with Crippen LogP contribution in [0.25, 0.3) is 0 Å². The van der Waals surface area contributed by atoms with Crippen molar-refractivity contribution in [1.82, 2.24) is 10.2 Å². The fourth-order valence-corrected chi connectivity index (χ4v) is 3.37. The number of amides is 4. The highest BCUT2D eigenvalue weighted by Crippen LogP contribution is 2.32. The molecule has 2 aromatic rings. The Morgan fingerprint density at radius 3 is 2.45 bits per heavy atom. The smallest absolute Gasteiger partial charge is 0.325 e. The van der Waals surface area contributed by atoms with E-state index in [0.29, 0.717) is 30.0 Å². The molecule has 0 radical (unpaired) electrons. The summed E-state index contributed by atoms with van der Waals surface area (Å²) in [7, 11) is 0. The molecule has 1 saturated heterocycles. The third-order valence-corrected chi connectivity index (χ3v) is 4.90. The molecule has 1 atom stereocenters. The first kappa shape index (κ1) is 20.4. The number of hydrogen-bond acceptors (Lipinski definition) is 4. The minimum Gasteiger partial charge on any atom is -0.491 e. The van der Waals surface area contributed by atoms with Crippen LogP contribution in [-0.4, -0.2) is 35.9 Å². The van der Waals surface area contributed by atoms with E-state index in [9.17, 15) is 14.4 Å². The predicted molar refractivity (Wildman–Crippen MR) is 110 cm³/mol. The van der Waals surface area contributed by atoms with E-state index in [-0.39, 0.29) is 6.54 Å². The largest absolute Gasteiger partial charge is 0.491 e. The molecule has 1 aliphatic heterocycles. The van der Waals surface area contributed by atoms with Crippen molar-refractivity contribution in [2.45, 2.75) is 32.2 Å². The number of nitrogens with zero attached hydrogens (tertiary/aromatic N) is 1. The maximum atomic E-state index is 13.1. The summed E-state index contributed by atoms with van der Waals surface area (Å²) in [5, 5.41) is 5.51. The average molecular weight is 395 g/mol. The van der Waals surface area contributed by atoms with Crippen LogP contribution < -0.4 is 15.4 Å². The van der Waals surface area contributed by atoms with Gasteiger partial charge in [-0.1, -0.05) is 56.3 Å². The number of benzene rings is 2. The summed E-state index contributed by atoms with van der Waals surface area (Å²) in [5.74, 6) is -0.352. The molecule has 0 bridgehead atoms. The van der Waals surface area contributed by atoms with Gasteiger partial charge in [-0.25, -0.2) is 4.79 Å². The van der Waals surface area contributed by atoms with Gasteiger partial charge in [0.15, 0.2) is 0 Å². The van der Waals surface area contributed by atoms with Crippen LogP contribution in [0.5, 0.6) is 5.75 Å². The zero-order valence-electron chi connectivity index (χ0n) is 16.6. The predicted octanol–water partition coefficient (Wildman–Crippen LogP) is 3.27. The van der Waals surface area contributed by atoms with E-state index in [1.807, 2.05) is 38.1 Å². The first-order valence-electron chi connectivity index (χ1n) is 9.73. The van der Waals surface area contributed by atoms with Crippen LogP contribution in [-0.2, 0) is 15.1 Å². The molecule has 0 aromatic heterocycles. The van der Waals surface area contributed by atoms with Crippen molar-refractivity contribution in [3.63, 3.8) is 0 Å². The Morgan fingerprint density at radius 1 is 1.07 bits per heavy atom. The first-order chi connectivity index (χ1) is 14.0. The molecule has 7 nitrogen and oxygen atoms in total. The highest BCUT2D eigenvalue weighted by molar-refractivity contribution is 6.10. The first-order valence-corrected chi connectivity index (χ1v) is 9.73. The fraction of sp³-hybridized carbons (Fsp3) is 0.318. The third-order valence-electron chi connectivity index (χ3n) is 4.90. The van der Waals surface area contributed by atoms with Gasteiger partial charge >= 0.3 is 6.03 Å². The molecule has 4 amide bonds. The molecule has 1 aliphatic rings. The standard InChI is InChI=1S/C22H25N3O4/c1-3-14-29-18-13-9-8-12-17(18)23-19(26)15-25-20(27)22(4-2,24-21(25)28)16-10-6-5-7-11-16/h5-13H,3-4,14-15H2,1-2H3,(H,23,26)(H,24,28). The number of anilines is 1. The van der Waals surface area contributed by atoms with Crippen molar-refractivity contribution >= 4 is 23.5 Å². The normalized spacial score (nSPS) is 18.5. The van der Waals surface area contributed by atoms with Crippen molar-refractivity contribution in [2.24, 2.45) is 0 Å². The molecule has 152 valence electrons. The number of carbonyl (C=O) groups is 3. The number of para-hydroxylation sites is 2. The van der Waals surface area contributed by atoms with E-state index < -0.39 is 23.4 Å². The zero-order valence-corrected chi connectivity index (χ0v) is 16.6. The van der Waals surface area contributed by atoms with Gasteiger partial charge in [0, 0.05) is 0 Å². The number of urea groups is 1. The van der Waals surface area contributed by atoms with Crippen molar-refractivity contribution in [3.05, 3.63) is 60.2 Å². The number of carbonyl (C=O) groups excluding carboxylic acids is 3. The summed E-state index contributed by atoms with van der Waals surface area (Å²) in [5.41, 5.74) is 0.0470. The Labute approximate surface area is 170 Å². The molecule has 2 N–H and O–H groups in total. The Hall–Kier alpha value is -3.35. The lowest BCUT2D eigenvalue weighted by Crippen LogP contribution is -2.44. The zero-order chi connectivity index (χ0) is 20.9. The monoisotopic (exact) mass is 395 g/mol. The van der Waals surface area contributed by atoms with Crippen LogP contribution in [0.4, 0.5) is 10.5 Å². The van der Waals surface area contributed by atoms with Gasteiger partial charge in [0.2, 0.25) is 5.91 Å². The Bertz CT molecular complexity index is 900. The molecule has 3 rings (SSSR count). The highest BCUT2D eigenvalue weighted by atomic mass is 16.5. The van der Waals surface area contributed by atoms with Crippen LogP contribution in [0.1, 0.15) is 32.3 Å². The van der Waals surface area contributed by atoms with E-state index in [1.54, 1.807) is 30.3 Å². The minimum absolute atomic E-state index is 0.374. The third kappa shape index (κ3) is 4.08. The molecular weight excluding hydrogens is 370 g/mol. The van der Waals surface area contributed by atoms with Crippen LogP contribution in [0.2, 0.25) is 0 Å². The van der Waals surface area contributed by atoms with Crippen LogP contribution in [0.15, 0.2) is 54.6 Å². The second kappa shape index (κ2) is 8.77. The molecule has 29 heavy (non-hydrogen) atoms.